The van der Waals surface area contributed by atoms with Crippen LogP contribution in [0.3, 0.4) is 0 Å². The fraction of sp³-hybridized carbons (Fsp3) is 1.00. The van der Waals surface area contributed by atoms with Crippen LogP contribution in [-0.4, -0.2) is 45.6 Å². The first-order valence-electron chi connectivity index (χ1n) is 4.38. The molecular weight excluding hydrogens is 226 g/mol. The molecule has 1 rings (SSSR count). The summed E-state index contributed by atoms with van der Waals surface area (Å²) in [5, 5.41) is -0.855. The summed E-state index contributed by atoms with van der Waals surface area (Å²) in [5.41, 5.74) is 0. The van der Waals surface area contributed by atoms with Crippen LogP contribution in [0.1, 0.15) is 19.3 Å². The Morgan fingerprint density at radius 2 is 1.64 bits per heavy atom. The molecule has 1 aliphatic rings. The number of rotatable bonds is 2. The van der Waals surface area contributed by atoms with Crippen molar-refractivity contribution in [3.05, 3.63) is 0 Å². The highest BCUT2D eigenvalue weighted by Crippen LogP contribution is 2.23. The first kappa shape index (κ1) is 11.9. The Labute approximate surface area is 85.1 Å². The molecule has 14 heavy (non-hydrogen) atoms. The summed E-state index contributed by atoms with van der Waals surface area (Å²) < 4.78 is 46.4. The fourth-order valence-corrected chi connectivity index (χ4v) is 4.74. The van der Waals surface area contributed by atoms with Gasteiger partial charge in [-0.05, 0) is 19.3 Å². The van der Waals surface area contributed by atoms with E-state index in [1.54, 1.807) is 0 Å². The van der Waals surface area contributed by atoms with Crippen LogP contribution >= 0.6 is 0 Å². The summed E-state index contributed by atoms with van der Waals surface area (Å²) in [7, 11) is -6.72. The van der Waals surface area contributed by atoms with E-state index in [-0.39, 0.29) is 0 Å². The third-order valence-corrected chi connectivity index (χ3v) is 5.22. The molecule has 1 aliphatic heterocycles. The summed E-state index contributed by atoms with van der Waals surface area (Å²) in [6.07, 6.45) is 4.05. The van der Waals surface area contributed by atoms with Crippen molar-refractivity contribution in [2.45, 2.75) is 24.6 Å². The van der Waals surface area contributed by atoms with Gasteiger partial charge in [-0.25, -0.2) is 16.8 Å². The maximum absolute atomic E-state index is 11.3. The second-order valence-electron chi connectivity index (χ2n) is 3.65. The van der Waals surface area contributed by atoms with Gasteiger partial charge in [-0.15, -0.1) is 0 Å². The van der Waals surface area contributed by atoms with Gasteiger partial charge in [0.05, 0.1) is 6.26 Å². The molecule has 1 atom stereocenters. The van der Waals surface area contributed by atoms with E-state index in [0.717, 1.165) is 29.7 Å². The van der Waals surface area contributed by atoms with Crippen molar-refractivity contribution in [1.82, 2.24) is 4.31 Å². The SMILES string of the molecule is CS(=O)(=O)C1CCCCN1S(C)(=O)=O. The fourth-order valence-electron chi connectivity index (χ4n) is 1.68. The predicted molar refractivity (Wildman–Crippen MR) is 54.0 cm³/mol. The van der Waals surface area contributed by atoms with Gasteiger partial charge in [0.2, 0.25) is 10.0 Å². The third-order valence-electron chi connectivity index (χ3n) is 2.32. The lowest BCUT2D eigenvalue weighted by molar-refractivity contribution is 0.312. The summed E-state index contributed by atoms with van der Waals surface area (Å²) >= 11 is 0. The number of piperidine rings is 1. The van der Waals surface area contributed by atoms with Gasteiger partial charge >= 0.3 is 0 Å². The van der Waals surface area contributed by atoms with Crippen LogP contribution in [0, 0.1) is 0 Å². The van der Waals surface area contributed by atoms with Crippen LogP contribution in [-0.2, 0) is 19.9 Å². The largest absolute Gasteiger partial charge is 0.227 e. The summed E-state index contributed by atoms with van der Waals surface area (Å²) in [4.78, 5) is 0. The zero-order valence-corrected chi connectivity index (χ0v) is 9.94. The van der Waals surface area contributed by atoms with E-state index in [1.165, 1.54) is 0 Å². The smallest absolute Gasteiger partial charge is 0.212 e. The van der Waals surface area contributed by atoms with Gasteiger partial charge in [0, 0.05) is 12.8 Å². The Balaban J connectivity index is 3.03. The minimum atomic E-state index is -3.40. The average Bonchev–Trinajstić information content (AvgIpc) is 2.01. The highest BCUT2D eigenvalue weighted by molar-refractivity contribution is 7.93. The van der Waals surface area contributed by atoms with Gasteiger partial charge < -0.3 is 0 Å². The standard InChI is InChI=1S/C7H15NO4S2/c1-13(9,10)7-5-3-4-6-8(7)14(2,11)12/h7H,3-6H2,1-2H3. The topological polar surface area (TPSA) is 71.5 Å². The molecule has 84 valence electrons. The first-order chi connectivity index (χ1) is 6.23. The minimum Gasteiger partial charge on any atom is -0.227 e. The molecule has 0 radical (unpaired) electrons. The Morgan fingerprint density at radius 3 is 2.00 bits per heavy atom. The van der Waals surface area contributed by atoms with Crippen LogP contribution in [0.2, 0.25) is 0 Å². The van der Waals surface area contributed by atoms with Crippen molar-refractivity contribution in [2.75, 3.05) is 19.1 Å². The van der Waals surface area contributed by atoms with Gasteiger partial charge in [0.15, 0.2) is 9.84 Å². The molecule has 1 unspecified atom stereocenters. The Hall–Kier alpha value is -0.140. The number of nitrogens with zero attached hydrogens (tertiary/aromatic N) is 1. The van der Waals surface area contributed by atoms with Crippen molar-refractivity contribution in [2.24, 2.45) is 0 Å². The van der Waals surface area contributed by atoms with E-state index in [2.05, 4.69) is 0 Å². The first-order valence-corrected chi connectivity index (χ1v) is 8.19. The highest BCUT2D eigenvalue weighted by Gasteiger charge is 2.35. The Morgan fingerprint density at radius 1 is 1.07 bits per heavy atom. The number of hydrogen-bond acceptors (Lipinski definition) is 4. The lowest BCUT2D eigenvalue weighted by Gasteiger charge is -2.32. The molecule has 1 fully saturated rings. The minimum absolute atomic E-state index is 0.316. The van der Waals surface area contributed by atoms with Gasteiger partial charge in [-0.3, -0.25) is 0 Å². The predicted octanol–water partition coefficient (Wildman–Crippen LogP) is -0.197. The molecule has 5 nitrogen and oxygen atoms in total. The van der Waals surface area contributed by atoms with Crippen LogP contribution in [0.15, 0.2) is 0 Å². The number of sulfonamides is 1. The molecule has 0 bridgehead atoms. The second kappa shape index (κ2) is 3.79. The molecule has 1 saturated heterocycles. The lowest BCUT2D eigenvalue weighted by atomic mass is 10.2. The van der Waals surface area contributed by atoms with Crippen molar-refractivity contribution in [3.8, 4) is 0 Å². The zero-order valence-electron chi connectivity index (χ0n) is 8.30. The van der Waals surface area contributed by atoms with E-state index in [9.17, 15) is 16.8 Å². The average molecular weight is 241 g/mol. The van der Waals surface area contributed by atoms with Crippen molar-refractivity contribution in [1.29, 1.82) is 0 Å². The normalized spacial score (nSPS) is 26.3. The second-order valence-corrected chi connectivity index (χ2v) is 7.79. The van der Waals surface area contributed by atoms with E-state index >= 15 is 0 Å². The summed E-state index contributed by atoms with van der Waals surface area (Å²) in [6.45, 7) is 0.316. The highest BCUT2D eigenvalue weighted by atomic mass is 32.2. The quantitative estimate of drug-likeness (QED) is 0.671. The van der Waals surface area contributed by atoms with Gasteiger partial charge in [-0.1, -0.05) is 0 Å². The van der Waals surface area contributed by atoms with E-state index < -0.39 is 25.2 Å². The van der Waals surface area contributed by atoms with Gasteiger partial charge in [-0.2, -0.15) is 4.31 Å². The molecule has 1 heterocycles. The van der Waals surface area contributed by atoms with Crippen LogP contribution in [0.25, 0.3) is 0 Å². The maximum Gasteiger partial charge on any atom is 0.212 e. The Bertz CT molecular complexity index is 357. The molecular formula is C7H15NO4S2. The zero-order chi connectivity index (χ0) is 11.0. The third kappa shape index (κ3) is 2.68. The molecule has 0 amide bonds. The summed E-state index contributed by atoms with van der Waals surface area (Å²) in [5.74, 6) is 0. The molecule has 0 spiro atoms. The van der Waals surface area contributed by atoms with Gasteiger partial charge in [0.25, 0.3) is 0 Å². The van der Waals surface area contributed by atoms with Gasteiger partial charge in [0.1, 0.15) is 5.37 Å². The molecule has 0 N–H and O–H groups in total. The van der Waals surface area contributed by atoms with Crippen molar-refractivity contribution in [3.63, 3.8) is 0 Å². The molecule has 7 heteroatoms. The van der Waals surface area contributed by atoms with Crippen LogP contribution < -0.4 is 0 Å². The summed E-state index contributed by atoms with van der Waals surface area (Å²) in [6, 6.07) is 0. The molecule has 0 aliphatic carbocycles. The van der Waals surface area contributed by atoms with E-state index in [4.69, 9.17) is 0 Å². The molecule has 0 aromatic rings. The molecule has 0 saturated carbocycles. The van der Waals surface area contributed by atoms with Crippen molar-refractivity contribution < 1.29 is 16.8 Å². The lowest BCUT2D eigenvalue weighted by Crippen LogP contribution is -2.46. The van der Waals surface area contributed by atoms with Crippen LogP contribution in [0.4, 0.5) is 0 Å². The Kier molecular flexibility index (Phi) is 3.23. The number of sulfone groups is 1. The monoisotopic (exact) mass is 241 g/mol. The van der Waals surface area contributed by atoms with E-state index in [0.29, 0.717) is 13.0 Å². The molecule has 0 aromatic heterocycles. The van der Waals surface area contributed by atoms with Crippen molar-refractivity contribution >= 4 is 19.9 Å². The van der Waals surface area contributed by atoms with Crippen LogP contribution in [0.5, 0.6) is 0 Å². The number of hydrogen-bond donors (Lipinski definition) is 0. The van der Waals surface area contributed by atoms with E-state index in [1.807, 2.05) is 0 Å². The maximum atomic E-state index is 11.3. The molecule has 0 aromatic carbocycles.